The van der Waals surface area contributed by atoms with Gasteiger partial charge in [-0.2, -0.15) is 0 Å². The number of amides is 1. The SMILES string of the molecule is COc1ccc(-c2csc(NC(=O)CN(C)Cc3ccc(Br)cc3)n2)cc1. The lowest BCUT2D eigenvalue weighted by Gasteiger charge is -2.15. The summed E-state index contributed by atoms with van der Waals surface area (Å²) in [5, 5.41) is 5.41. The fourth-order valence-corrected chi connectivity index (χ4v) is 3.59. The summed E-state index contributed by atoms with van der Waals surface area (Å²) in [5.74, 6) is 0.724. The second-order valence-corrected chi connectivity index (χ2v) is 7.89. The second kappa shape index (κ2) is 9.12. The molecule has 27 heavy (non-hydrogen) atoms. The minimum atomic E-state index is -0.0785. The number of ether oxygens (including phenoxy) is 1. The van der Waals surface area contributed by atoms with Crippen LogP contribution in [0.3, 0.4) is 0 Å². The van der Waals surface area contributed by atoms with Gasteiger partial charge in [-0.1, -0.05) is 28.1 Å². The molecule has 0 fully saturated rings. The monoisotopic (exact) mass is 445 g/mol. The van der Waals surface area contributed by atoms with E-state index in [-0.39, 0.29) is 5.91 Å². The molecule has 0 unspecified atom stereocenters. The topological polar surface area (TPSA) is 54.5 Å². The molecule has 0 aliphatic heterocycles. The summed E-state index contributed by atoms with van der Waals surface area (Å²) < 4.78 is 6.21. The predicted octanol–water partition coefficient (Wildman–Crippen LogP) is 4.65. The molecular weight excluding hydrogens is 426 g/mol. The lowest BCUT2D eigenvalue weighted by molar-refractivity contribution is -0.117. The van der Waals surface area contributed by atoms with Crippen molar-refractivity contribution in [2.75, 3.05) is 26.0 Å². The third kappa shape index (κ3) is 5.63. The van der Waals surface area contributed by atoms with Crippen LogP contribution >= 0.6 is 27.3 Å². The molecule has 7 heteroatoms. The molecule has 0 radical (unpaired) electrons. The molecule has 3 rings (SSSR count). The molecule has 1 N–H and O–H groups in total. The number of aromatic nitrogens is 1. The molecule has 3 aromatic rings. The molecule has 0 aliphatic rings. The number of thiazole rings is 1. The van der Waals surface area contributed by atoms with Crippen molar-refractivity contribution in [3.8, 4) is 17.0 Å². The van der Waals surface area contributed by atoms with Gasteiger partial charge in [0.2, 0.25) is 5.91 Å². The molecule has 0 saturated heterocycles. The Balaban J connectivity index is 1.54. The quantitative estimate of drug-likeness (QED) is 0.574. The largest absolute Gasteiger partial charge is 0.497 e. The Morgan fingerprint density at radius 1 is 1.19 bits per heavy atom. The summed E-state index contributed by atoms with van der Waals surface area (Å²) >= 11 is 4.84. The van der Waals surface area contributed by atoms with Crippen molar-refractivity contribution in [3.63, 3.8) is 0 Å². The van der Waals surface area contributed by atoms with Crippen LogP contribution in [0, 0.1) is 0 Å². The van der Waals surface area contributed by atoms with Gasteiger partial charge in [-0.05, 0) is 49.0 Å². The molecular formula is C20H20BrN3O2S. The Bertz CT molecular complexity index is 894. The normalized spacial score (nSPS) is 10.8. The minimum absolute atomic E-state index is 0.0785. The predicted molar refractivity (Wildman–Crippen MR) is 113 cm³/mol. The highest BCUT2D eigenvalue weighted by Crippen LogP contribution is 2.26. The molecule has 140 valence electrons. The van der Waals surface area contributed by atoms with Crippen molar-refractivity contribution in [1.82, 2.24) is 9.88 Å². The van der Waals surface area contributed by atoms with E-state index in [0.29, 0.717) is 18.2 Å². The number of methoxy groups -OCH3 is 1. The molecule has 1 aromatic heterocycles. The van der Waals surface area contributed by atoms with Gasteiger partial charge in [0.15, 0.2) is 5.13 Å². The van der Waals surface area contributed by atoms with Crippen LogP contribution < -0.4 is 10.1 Å². The number of halogens is 1. The first kappa shape index (κ1) is 19.5. The highest BCUT2D eigenvalue weighted by molar-refractivity contribution is 9.10. The number of anilines is 1. The maximum absolute atomic E-state index is 12.3. The highest BCUT2D eigenvalue weighted by atomic mass is 79.9. The number of nitrogens with one attached hydrogen (secondary N) is 1. The molecule has 0 saturated carbocycles. The fraction of sp³-hybridized carbons (Fsp3) is 0.200. The van der Waals surface area contributed by atoms with E-state index >= 15 is 0 Å². The van der Waals surface area contributed by atoms with Crippen molar-refractivity contribution < 1.29 is 9.53 Å². The van der Waals surface area contributed by atoms with E-state index in [1.54, 1.807) is 7.11 Å². The van der Waals surface area contributed by atoms with E-state index in [4.69, 9.17) is 4.74 Å². The van der Waals surface area contributed by atoms with Gasteiger partial charge in [-0.15, -0.1) is 11.3 Å². The van der Waals surface area contributed by atoms with Crippen LogP contribution in [0.4, 0.5) is 5.13 Å². The van der Waals surface area contributed by atoms with E-state index < -0.39 is 0 Å². The molecule has 0 aliphatic carbocycles. The summed E-state index contributed by atoms with van der Waals surface area (Å²) in [6, 6.07) is 15.8. The van der Waals surface area contributed by atoms with Gasteiger partial charge in [0.05, 0.1) is 19.3 Å². The third-order valence-corrected chi connectivity index (χ3v) is 5.20. The smallest absolute Gasteiger partial charge is 0.240 e. The van der Waals surface area contributed by atoms with Crippen LogP contribution in [-0.2, 0) is 11.3 Å². The maximum Gasteiger partial charge on any atom is 0.240 e. The minimum Gasteiger partial charge on any atom is -0.497 e. The van der Waals surface area contributed by atoms with Crippen LogP contribution in [0.5, 0.6) is 5.75 Å². The van der Waals surface area contributed by atoms with Gasteiger partial charge in [0.1, 0.15) is 5.75 Å². The van der Waals surface area contributed by atoms with Crippen molar-refractivity contribution in [3.05, 3.63) is 63.9 Å². The first-order valence-electron chi connectivity index (χ1n) is 8.36. The molecule has 2 aromatic carbocycles. The summed E-state index contributed by atoms with van der Waals surface area (Å²) in [6.07, 6.45) is 0. The number of nitrogens with zero attached hydrogens (tertiary/aromatic N) is 2. The van der Waals surface area contributed by atoms with Crippen molar-refractivity contribution in [1.29, 1.82) is 0 Å². The van der Waals surface area contributed by atoms with E-state index in [9.17, 15) is 4.79 Å². The number of hydrogen-bond donors (Lipinski definition) is 1. The zero-order valence-corrected chi connectivity index (χ0v) is 17.5. The van der Waals surface area contributed by atoms with E-state index in [2.05, 4.69) is 26.2 Å². The van der Waals surface area contributed by atoms with Crippen molar-refractivity contribution in [2.24, 2.45) is 0 Å². The lowest BCUT2D eigenvalue weighted by atomic mass is 10.2. The average molecular weight is 446 g/mol. The summed E-state index contributed by atoms with van der Waals surface area (Å²) in [4.78, 5) is 18.8. The number of benzene rings is 2. The van der Waals surface area contributed by atoms with Gasteiger partial charge in [-0.3, -0.25) is 9.69 Å². The molecule has 1 amide bonds. The average Bonchev–Trinajstić information content (AvgIpc) is 3.12. The van der Waals surface area contributed by atoms with Crippen LogP contribution in [0.25, 0.3) is 11.3 Å². The Labute approximate surface area is 171 Å². The summed E-state index contributed by atoms with van der Waals surface area (Å²) in [7, 11) is 3.56. The van der Waals surface area contributed by atoms with E-state index in [0.717, 1.165) is 27.0 Å². The first-order chi connectivity index (χ1) is 13.0. The Morgan fingerprint density at radius 3 is 2.56 bits per heavy atom. The zero-order chi connectivity index (χ0) is 19.2. The van der Waals surface area contributed by atoms with Crippen LogP contribution in [0.2, 0.25) is 0 Å². The van der Waals surface area contributed by atoms with Gasteiger partial charge in [0, 0.05) is 22.0 Å². The lowest BCUT2D eigenvalue weighted by Crippen LogP contribution is -2.29. The molecule has 1 heterocycles. The van der Waals surface area contributed by atoms with Crippen molar-refractivity contribution >= 4 is 38.3 Å². The van der Waals surface area contributed by atoms with Gasteiger partial charge in [-0.25, -0.2) is 4.98 Å². The molecule has 0 atom stereocenters. The third-order valence-electron chi connectivity index (χ3n) is 3.92. The molecule has 5 nitrogen and oxygen atoms in total. The van der Waals surface area contributed by atoms with Crippen LogP contribution in [0.15, 0.2) is 58.4 Å². The number of likely N-dealkylation sites (N-methyl/N-ethyl adjacent to an activating group) is 1. The number of carbonyl (C=O) groups is 1. The Morgan fingerprint density at radius 2 is 1.89 bits per heavy atom. The maximum atomic E-state index is 12.3. The number of carbonyl (C=O) groups excluding carboxylic acids is 1. The van der Waals surface area contributed by atoms with Gasteiger partial charge < -0.3 is 10.1 Å². The van der Waals surface area contributed by atoms with Crippen LogP contribution in [-0.4, -0.2) is 36.5 Å². The number of hydrogen-bond acceptors (Lipinski definition) is 5. The standard InChI is InChI=1S/C20H20BrN3O2S/c1-24(11-14-3-7-16(21)8-4-14)12-19(25)23-20-22-18(13-27-20)15-5-9-17(26-2)10-6-15/h3-10,13H,11-12H2,1-2H3,(H,22,23,25). The molecule has 0 bridgehead atoms. The summed E-state index contributed by atoms with van der Waals surface area (Å²) in [6.45, 7) is 1.00. The van der Waals surface area contributed by atoms with E-state index in [1.807, 2.05) is 65.9 Å². The van der Waals surface area contributed by atoms with E-state index in [1.165, 1.54) is 11.3 Å². The van der Waals surface area contributed by atoms with Gasteiger partial charge in [0.25, 0.3) is 0 Å². The first-order valence-corrected chi connectivity index (χ1v) is 10.0. The highest BCUT2D eigenvalue weighted by Gasteiger charge is 2.11. The number of rotatable bonds is 7. The molecule has 0 spiro atoms. The van der Waals surface area contributed by atoms with Gasteiger partial charge >= 0.3 is 0 Å². The Hall–Kier alpha value is -2.22. The summed E-state index contributed by atoms with van der Waals surface area (Å²) in [5.41, 5.74) is 2.98. The van der Waals surface area contributed by atoms with Crippen LogP contribution in [0.1, 0.15) is 5.56 Å². The fourth-order valence-electron chi connectivity index (χ4n) is 2.59. The second-order valence-electron chi connectivity index (χ2n) is 6.11. The van der Waals surface area contributed by atoms with Crippen molar-refractivity contribution in [2.45, 2.75) is 6.54 Å². The Kier molecular flexibility index (Phi) is 6.60. The zero-order valence-electron chi connectivity index (χ0n) is 15.1.